The van der Waals surface area contributed by atoms with Crippen LogP contribution in [0, 0.1) is 0 Å². The lowest BCUT2D eigenvalue weighted by molar-refractivity contribution is -0.143. The van der Waals surface area contributed by atoms with Gasteiger partial charge >= 0.3 is 18.4 Å². The number of H-pyrrole nitrogens is 1. The molecule has 1 aromatic heterocycles. The average molecular weight is 611 g/mol. The minimum atomic E-state index is -5.12. The summed E-state index contributed by atoms with van der Waals surface area (Å²) in [7, 11) is 3.56. The summed E-state index contributed by atoms with van der Waals surface area (Å²) in [5.74, 6) is -0.936. The molecule has 43 heavy (non-hydrogen) atoms. The molecule has 1 unspecified atom stereocenters. The van der Waals surface area contributed by atoms with Crippen LogP contribution in [0.1, 0.15) is 27.0 Å². The van der Waals surface area contributed by atoms with E-state index in [1.54, 1.807) is 29.2 Å². The number of para-hydroxylation sites is 1. The van der Waals surface area contributed by atoms with E-state index >= 15 is 0 Å². The number of hydrazine groups is 1. The minimum absolute atomic E-state index is 0.00347. The summed E-state index contributed by atoms with van der Waals surface area (Å²) in [4.78, 5) is 36.0. The molecule has 232 valence electrons. The van der Waals surface area contributed by atoms with Gasteiger partial charge in [0.05, 0.1) is 11.1 Å². The van der Waals surface area contributed by atoms with Gasteiger partial charge in [-0.25, -0.2) is 9.80 Å². The van der Waals surface area contributed by atoms with Gasteiger partial charge in [-0.05, 0) is 43.9 Å². The van der Waals surface area contributed by atoms with E-state index < -0.39 is 46.4 Å². The van der Waals surface area contributed by atoms with E-state index in [1.165, 1.54) is 4.90 Å². The lowest BCUT2D eigenvalue weighted by Crippen LogP contribution is -2.68. The number of Topliss-reactive ketones (excluding diaryl/α,β-unsaturated/α-hetero) is 1. The Bertz CT molecular complexity index is 1460. The largest absolute Gasteiger partial charge is 0.416 e. The van der Waals surface area contributed by atoms with Crippen LogP contribution in [0.5, 0.6) is 0 Å². The topological polar surface area (TPSA) is 74.9 Å². The predicted octanol–water partition coefficient (Wildman–Crippen LogP) is 4.49. The summed E-state index contributed by atoms with van der Waals surface area (Å²) in [5, 5.41) is 2.51. The fourth-order valence-corrected chi connectivity index (χ4v) is 5.76. The molecular weight excluding hydrogens is 578 g/mol. The number of amides is 2. The number of alkyl halides is 6. The second kappa shape index (κ2) is 11.5. The van der Waals surface area contributed by atoms with Gasteiger partial charge in [0.15, 0.2) is 5.78 Å². The molecular formula is C29H32F6N6O2. The van der Waals surface area contributed by atoms with Crippen LogP contribution in [-0.2, 0) is 18.8 Å². The Morgan fingerprint density at radius 1 is 0.884 bits per heavy atom. The van der Waals surface area contributed by atoms with Gasteiger partial charge in [0, 0.05) is 74.9 Å². The van der Waals surface area contributed by atoms with Crippen molar-refractivity contribution in [2.24, 2.45) is 0 Å². The van der Waals surface area contributed by atoms with Crippen molar-refractivity contribution in [1.82, 2.24) is 30.1 Å². The zero-order valence-corrected chi connectivity index (χ0v) is 23.6. The van der Waals surface area contributed by atoms with E-state index in [-0.39, 0.29) is 32.1 Å². The van der Waals surface area contributed by atoms with Crippen LogP contribution in [-0.4, -0.2) is 102 Å². The minimum Gasteiger partial charge on any atom is -0.361 e. The summed E-state index contributed by atoms with van der Waals surface area (Å²) in [6, 6.07) is 7.66. The zero-order chi connectivity index (χ0) is 31.2. The molecule has 2 aliphatic heterocycles. The predicted molar refractivity (Wildman–Crippen MR) is 147 cm³/mol. The standard InChI is InChI=1S/C29H32F6N6O2/c1-38-7-11-41(12-8-38)37-26(43)40-10-9-39(2)27(18-40,16-20-17-36-24-6-4-3-5-23(20)24)25(42)19-13-21(28(30,31)32)15-22(14-19)29(33,34)35/h3-6,13-15,17,36H,7-12,16,18H2,1-2H3,(H,37,43). The average Bonchev–Trinajstić information content (AvgIpc) is 3.36. The number of aromatic amines is 1. The van der Waals surface area contributed by atoms with Gasteiger partial charge < -0.3 is 14.8 Å². The van der Waals surface area contributed by atoms with Gasteiger partial charge in [0.1, 0.15) is 5.54 Å². The molecule has 0 bridgehead atoms. The molecule has 3 heterocycles. The second-order valence-corrected chi connectivity index (χ2v) is 11.2. The molecule has 0 saturated carbocycles. The quantitative estimate of drug-likeness (QED) is 0.329. The molecule has 2 aliphatic rings. The molecule has 2 saturated heterocycles. The molecule has 8 nitrogen and oxygen atoms in total. The maximum Gasteiger partial charge on any atom is 0.416 e. The lowest BCUT2D eigenvalue weighted by Gasteiger charge is -2.48. The number of nitrogens with zero attached hydrogens (tertiary/aromatic N) is 4. The first kappa shape index (κ1) is 30.8. The molecule has 1 atom stereocenters. The van der Waals surface area contributed by atoms with E-state index in [1.807, 2.05) is 25.2 Å². The van der Waals surface area contributed by atoms with Gasteiger partial charge in [-0.2, -0.15) is 26.3 Å². The highest BCUT2D eigenvalue weighted by atomic mass is 19.4. The van der Waals surface area contributed by atoms with Crippen LogP contribution in [0.25, 0.3) is 10.9 Å². The van der Waals surface area contributed by atoms with Crippen molar-refractivity contribution < 1.29 is 35.9 Å². The third-order valence-electron chi connectivity index (χ3n) is 8.36. The number of urea groups is 1. The fourth-order valence-electron chi connectivity index (χ4n) is 5.76. The number of fused-ring (bicyclic) bond motifs is 1. The van der Waals surface area contributed by atoms with Crippen LogP contribution in [0.2, 0.25) is 0 Å². The van der Waals surface area contributed by atoms with Crippen molar-refractivity contribution in [2.75, 3.05) is 59.9 Å². The van der Waals surface area contributed by atoms with Gasteiger partial charge in [0.25, 0.3) is 0 Å². The molecule has 0 radical (unpaired) electrons. The maximum atomic E-state index is 14.4. The number of aromatic nitrogens is 1. The summed E-state index contributed by atoms with van der Waals surface area (Å²) in [6.45, 7) is 2.70. The van der Waals surface area contributed by atoms with E-state index in [0.29, 0.717) is 30.8 Å². The molecule has 3 aromatic rings. The number of piperazine rings is 2. The number of ketones is 1. The highest BCUT2D eigenvalue weighted by Gasteiger charge is 2.49. The van der Waals surface area contributed by atoms with E-state index in [4.69, 9.17) is 0 Å². The van der Waals surface area contributed by atoms with Gasteiger partial charge in [0.2, 0.25) is 0 Å². The Labute approximate surface area is 244 Å². The van der Waals surface area contributed by atoms with Gasteiger partial charge in [-0.3, -0.25) is 15.1 Å². The fraction of sp³-hybridized carbons (Fsp3) is 0.448. The number of carbonyl (C=O) groups excluding carboxylic acids is 2. The van der Waals surface area contributed by atoms with Crippen molar-refractivity contribution in [3.05, 3.63) is 70.9 Å². The first-order valence-corrected chi connectivity index (χ1v) is 13.8. The molecule has 2 N–H and O–H groups in total. The number of halogens is 6. The van der Waals surface area contributed by atoms with Crippen molar-refractivity contribution in [2.45, 2.75) is 24.3 Å². The SMILES string of the molecule is CN1CCN(NC(=O)N2CCN(C)C(Cc3c[nH]c4ccccc34)(C(=O)c3cc(C(F)(F)F)cc(C(F)(F)F)c3)C2)CC1. The first-order chi connectivity index (χ1) is 20.2. The van der Waals surface area contributed by atoms with Crippen LogP contribution >= 0.6 is 0 Å². The van der Waals surface area contributed by atoms with E-state index in [0.717, 1.165) is 24.0 Å². The smallest absolute Gasteiger partial charge is 0.361 e. The Kier molecular flexibility index (Phi) is 8.22. The Morgan fingerprint density at radius 2 is 1.51 bits per heavy atom. The van der Waals surface area contributed by atoms with Crippen LogP contribution in [0.15, 0.2) is 48.7 Å². The number of likely N-dealkylation sites (N-methyl/N-ethyl adjacent to an activating group) is 2. The highest BCUT2D eigenvalue weighted by molar-refractivity contribution is 6.05. The van der Waals surface area contributed by atoms with Crippen LogP contribution in [0.4, 0.5) is 31.1 Å². The molecule has 0 spiro atoms. The maximum absolute atomic E-state index is 14.4. The first-order valence-electron chi connectivity index (χ1n) is 13.8. The Hall–Kier alpha value is -3.62. The number of hydrogen-bond donors (Lipinski definition) is 2. The Balaban J connectivity index is 1.57. The summed E-state index contributed by atoms with van der Waals surface area (Å²) in [6.07, 6.45) is -8.63. The summed E-state index contributed by atoms with van der Waals surface area (Å²) >= 11 is 0. The second-order valence-electron chi connectivity index (χ2n) is 11.2. The number of benzene rings is 2. The molecule has 2 fully saturated rings. The Morgan fingerprint density at radius 3 is 2.14 bits per heavy atom. The molecule has 2 aromatic carbocycles. The number of carbonyl (C=O) groups is 2. The number of hydrogen-bond acceptors (Lipinski definition) is 5. The summed E-state index contributed by atoms with van der Waals surface area (Å²) in [5.41, 5.74) is -1.31. The lowest BCUT2D eigenvalue weighted by atomic mass is 9.79. The zero-order valence-electron chi connectivity index (χ0n) is 23.6. The molecule has 5 rings (SSSR count). The van der Waals surface area contributed by atoms with Crippen molar-refractivity contribution in [3.8, 4) is 0 Å². The number of nitrogens with one attached hydrogen (secondary N) is 2. The normalized spacial score (nSPS) is 21.3. The van der Waals surface area contributed by atoms with E-state index in [9.17, 15) is 35.9 Å². The molecule has 0 aliphatic carbocycles. The van der Waals surface area contributed by atoms with Crippen LogP contribution < -0.4 is 5.43 Å². The van der Waals surface area contributed by atoms with Gasteiger partial charge in [-0.15, -0.1) is 0 Å². The van der Waals surface area contributed by atoms with Crippen molar-refractivity contribution in [3.63, 3.8) is 0 Å². The molecule has 2 amide bonds. The third kappa shape index (κ3) is 6.36. The molecule has 14 heteroatoms. The number of rotatable bonds is 5. The van der Waals surface area contributed by atoms with Crippen molar-refractivity contribution >= 4 is 22.7 Å². The van der Waals surface area contributed by atoms with Crippen LogP contribution in [0.3, 0.4) is 0 Å². The third-order valence-corrected chi connectivity index (χ3v) is 8.36. The van der Waals surface area contributed by atoms with E-state index in [2.05, 4.69) is 15.3 Å². The monoisotopic (exact) mass is 610 g/mol. The summed E-state index contributed by atoms with van der Waals surface area (Å²) < 4.78 is 82.5. The highest BCUT2D eigenvalue weighted by Crippen LogP contribution is 2.39. The van der Waals surface area contributed by atoms with Crippen molar-refractivity contribution in [1.29, 1.82) is 0 Å². The van der Waals surface area contributed by atoms with Gasteiger partial charge in [-0.1, -0.05) is 18.2 Å².